The van der Waals surface area contributed by atoms with Gasteiger partial charge in [-0.15, -0.1) is 0 Å². The van der Waals surface area contributed by atoms with Crippen molar-refractivity contribution in [3.8, 4) is 0 Å². The lowest BCUT2D eigenvalue weighted by Gasteiger charge is -2.43. The Morgan fingerprint density at radius 2 is 1.93 bits per heavy atom. The Hall–Kier alpha value is -1.89. The second-order valence-electron chi connectivity index (χ2n) is 9.10. The van der Waals surface area contributed by atoms with E-state index in [-0.39, 0.29) is 29.8 Å². The largest absolute Gasteiger partial charge is 0.348 e. The summed E-state index contributed by atoms with van der Waals surface area (Å²) in [7, 11) is 0. The van der Waals surface area contributed by atoms with Crippen molar-refractivity contribution < 1.29 is 14.4 Å². The number of benzene rings is 1. The highest BCUT2D eigenvalue weighted by atomic mass is 79.9. The van der Waals surface area contributed by atoms with Crippen LogP contribution >= 0.6 is 15.9 Å². The van der Waals surface area contributed by atoms with Crippen molar-refractivity contribution in [3.05, 3.63) is 34.3 Å². The van der Waals surface area contributed by atoms with Gasteiger partial charge < -0.3 is 10.6 Å². The highest BCUT2D eigenvalue weighted by molar-refractivity contribution is 9.10. The molecule has 152 valence electrons. The van der Waals surface area contributed by atoms with Crippen molar-refractivity contribution in [3.63, 3.8) is 0 Å². The molecule has 1 aromatic carbocycles. The van der Waals surface area contributed by atoms with Gasteiger partial charge in [0.2, 0.25) is 5.91 Å². The molecule has 1 heterocycles. The van der Waals surface area contributed by atoms with E-state index in [0.29, 0.717) is 18.8 Å². The molecule has 3 atom stereocenters. The maximum absolute atomic E-state index is 13.1. The first-order valence-corrected chi connectivity index (χ1v) is 10.5. The highest BCUT2D eigenvalue weighted by Crippen LogP contribution is 2.46. The van der Waals surface area contributed by atoms with Crippen molar-refractivity contribution in [2.75, 3.05) is 6.54 Å². The second-order valence-corrected chi connectivity index (χ2v) is 10.0. The lowest BCUT2D eigenvalue weighted by atomic mass is 9.64. The molecular weight excluding hydrogens is 422 g/mol. The number of amides is 4. The summed E-state index contributed by atoms with van der Waals surface area (Å²) in [5.74, 6) is -0.290. The van der Waals surface area contributed by atoms with Gasteiger partial charge in [0.25, 0.3) is 5.91 Å². The van der Waals surface area contributed by atoms with Gasteiger partial charge in [0.1, 0.15) is 12.1 Å². The van der Waals surface area contributed by atoms with E-state index in [9.17, 15) is 14.4 Å². The molecule has 28 heavy (non-hydrogen) atoms. The van der Waals surface area contributed by atoms with Crippen LogP contribution in [0.2, 0.25) is 0 Å². The molecule has 6 nitrogen and oxygen atoms in total. The van der Waals surface area contributed by atoms with Crippen LogP contribution in [-0.2, 0) is 9.59 Å². The Labute approximate surface area is 174 Å². The fourth-order valence-corrected chi connectivity index (χ4v) is 5.18. The number of nitrogens with zero attached hydrogens (tertiary/aromatic N) is 1. The average Bonchev–Trinajstić information content (AvgIpc) is 2.77. The van der Waals surface area contributed by atoms with Gasteiger partial charge in [-0.1, -0.05) is 48.8 Å². The number of halogens is 1. The second kappa shape index (κ2) is 7.50. The Kier molecular flexibility index (Phi) is 5.58. The minimum Gasteiger partial charge on any atom is -0.348 e. The lowest BCUT2D eigenvalue weighted by Crippen LogP contribution is -2.54. The van der Waals surface area contributed by atoms with Crippen LogP contribution in [0.4, 0.5) is 4.79 Å². The molecule has 1 saturated heterocycles. The Bertz CT molecular complexity index is 793. The SMILES string of the molecule is CC1CC(C)(C)CC2(C1)NC(=O)N(CC(=O)NC(C)c1ccc(Br)cc1)C2=O. The third-order valence-electron chi connectivity index (χ3n) is 5.67. The molecule has 1 saturated carbocycles. The molecule has 4 amide bonds. The maximum atomic E-state index is 13.1. The number of imide groups is 1. The van der Waals surface area contributed by atoms with Gasteiger partial charge in [0.05, 0.1) is 6.04 Å². The Morgan fingerprint density at radius 3 is 2.54 bits per heavy atom. The molecule has 3 unspecified atom stereocenters. The van der Waals surface area contributed by atoms with Gasteiger partial charge in [-0.2, -0.15) is 0 Å². The summed E-state index contributed by atoms with van der Waals surface area (Å²) in [6.07, 6.45) is 2.24. The summed E-state index contributed by atoms with van der Waals surface area (Å²) in [4.78, 5) is 39.2. The van der Waals surface area contributed by atoms with Gasteiger partial charge in [-0.25, -0.2) is 4.79 Å². The molecule has 3 rings (SSSR count). The molecule has 7 heteroatoms. The van der Waals surface area contributed by atoms with Crippen LogP contribution in [0.1, 0.15) is 58.6 Å². The number of hydrogen-bond donors (Lipinski definition) is 2. The molecule has 1 spiro atoms. The number of carbonyl (C=O) groups excluding carboxylic acids is 3. The van der Waals surface area contributed by atoms with Gasteiger partial charge in [0.15, 0.2) is 0 Å². The summed E-state index contributed by atoms with van der Waals surface area (Å²) in [5.41, 5.74) is 0.0400. The Balaban J connectivity index is 1.67. The topological polar surface area (TPSA) is 78.5 Å². The maximum Gasteiger partial charge on any atom is 0.325 e. The zero-order valence-electron chi connectivity index (χ0n) is 16.8. The number of hydrogen-bond acceptors (Lipinski definition) is 3. The summed E-state index contributed by atoms with van der Waals surface area (Å²) in [6, 6.07) is 6.97. The van der Waals surface area contributed by atoms with Crippen LogP contribution in [0.3, 0.4) is 0 Å². The monoisotopic (exact) mass is 449 g/mol. The van der Waals surface area contributed by atoms with E-state index in [2.05, 4.69) is 47.3 Å². The zero-order valence-corrected chi connectivity index (χ0v) is 18.4. The van der Waals surface area contributed by atoms with Gasteiger partial charge in [-0.05, 0) is 55.2 Å². The number of nitrogens with one attached hydrogen (secondary N) is 2. The standard InChI is InChI=1S/C21H28BrN3O3/c1-13-9-20(3,4)12-21(10-13)18(27)25(19(28)24-21)11-17(26)23-14(2)15-5-7-16(22)8-6-15/h5-8,13-14H,9-12H2,1-4H3,(H,23,26)(H,24,28). The minimum absolute atomic E-state index is 0.0328. The summed E-state index contributed by atoms with van der Waals surface area (Å²) < 4.78 is 0.962. The van der Waals surface area contributed by atoms with Crippen LogP contribution in [0.5, 0.6) is 0 Å². The summed E-state index contributed by atoms with van der Waals surface area (Å²) in [6.45, 7) is 7.97. The summed E-state index contributed by atoms with van der Waals surface area (Å²) >= 11 is 3.39. The van der Waals surface area contributed by atoms with Gasteiger partial charge >= 0.3 is 6.03 Å². The van der Waals surface area contributed by atoms with E-state index in [0.717, 1.165) is 21.4 Å². The van der Waals surface area contributed by atoms with Crippen molar-refractivity contribution in [2.24, 2.45) is 11.3 Å². The summed E-state index contributed by atoms with van der Waals surface area (Å²) in [5, 5.41) is 5.78. The molecule has 1 aromatic rings. The molecule has 2 fully saturated rings. The molecule has 1 aliphatic heterocycles. The smallest absolute Gasteiger partial charge is 0.325 e. The van der Waals surface area contributed by atoms with Crippen LogP contribution in [-0.4, -0.2) is 34.8 Å². The molecule has 1 aliphatic carbocycles. The minimum atomic E-state index is -0.879. The third kappa shape index (κ3) is 4.24. The van der Waals surface area contributed by atoms with Crippen LogP contribution in [0.25, 0.3) is 0 Å². The molecule has 0 radical (unpaired) electrons. The lowest BCUT2D eigenvalue weighted by molar-refractivity contribution is -0.137. The molecular formula is C21H28BrN3O3. The fraction of sp³-hybridized carbons (Fsp3) is 0.571. The van der Waals surface area contributed by atoms with Crippen LogP contribution in [0, 0.1) is 11.3 Å². The molecule has 2 N–H and O–H groups in total. The third-order valence-corrected chi connectivity index (χ3v) is 6.20. The average molecular weight is 450 g/mol. The molecule has 2 aliphatic rings. The van der Waals surface area contributed by atoms with Gasteiger partial charge in [0, 0.05) is 4.47 Å². The first-order chi connectivity index (χ1) is 13.0. The normalized spacial score (nSPS) is 27.6. The quantitative estimate of drug-likeness (QED) is 0.686. The van der Waals surface area contributed by atoms with E-state index >= 15 is 0 Å². The van der Waals surface area contributed by atoms with Crippen molar-refractivity contribution in [1.29, 1.82) is 0 Å². The first kappa shape index (κ1) is 20.8. The number of carbonyl (C=O) groups is 3. The molecule has 0 aromatic heterocycles. The van der Waals surface area contributed by atoms with E-state index in [4.69, 9.17) is 0 Å². The van der Waals surface area contributed by atoms with E-state index in [1.165, 1.54) is 0 Å². The van der Waals surface area contributed by atoms with E-state index < -0.39 is 11.6 Å². The number of urea groups is 1. The van der Waals surface area contributed by atoms with Crippen molar-refractivity contribution in [2.45, 2.75) is 58.5 Å². The van der Waals surface area contributed by atoms with Crippen LogP contribution in [0.15, 0.2) is 28.7 Å². The predicted molar refractivity (Wildman–Crippen MR) is 110 cm³/mol. The number of rotatable bonds is 4. The Morgan fingerprint density at radius 1 is 1.29 bits per heavy atom. The van der Waals surface area contributed by atoms with E-state index in [1.54, 1.807) is 0 Å². The van der Waals surface area contributed by atoms with Gasteiger partial charge in [-0.3, -0.25) is 14.5 Å². The highest BCUT2D eigenvalue weighted by Gasteiger charge is 2.56. The van der Waals surface area contributed by atoms with E-state index in [1.807, 2.05) is 31.2 Å². The fourth-order valence-electron chi connectivity index (χ4n) is 4.92. The van der Waals surface area contributed by atoms with Crippen molar-refractivity contribution >= 4 is 33.8 Å². The van der Waals surface area contributed by atoms with Crippen molar-refractivity contribution in [1.82, 2.24) is 15.5 Å². The first-order valence-electron chi connectivity index (χ1n) is 9.70. The molecule has 0 bridgehead atoms. The predicted octanol–water partition coefficient (Wildman–Crippen LogP) is 3.76. The zero-order chi connectivity index (χ0) is 20.7. The van der Waals surface area contributed by atoms with Crippen LogP contribution < -0.4 is 10.6 Å².